The molecule has 1 aromatic rings. The summed E-state index contributed by atoms with van der Waals surface area (Å²) in [6.45, 7) is 11.1. The van der Waals surface area contributed by atoms with Crippen LogP contribution >= 0.6 is 11.3 Å². The minimum Gasteiger partial charge on any atom is -0.335 e. The number of nitrogens with zero attached hydrogens (tertiary/aromatic N) is 1. The standard InChI is InChI=1S/C17H26FNOS/c1-11(2)13-9-14(21-15(13)12(3)4)16(20)19-8-6-7-17(5,18)10-19/h9,11-12H,6-8,10H2,1-5H3. The van der Waals surface area contributed by atoms with Crippen LogP contribution in [-0.2, 0) is 0 Å². The summed E-state index contributed by atoms with van der Waals surface area (Å²) in [6.07, 6.45) is 1.30. The average Bonchev–Trinajstić information content (AvgIpc) is 2.81. The van der Waals surface area contributed by atoms with Crippen LogP contribution in [0.3, 0.4) is 0 Å². The van der Waals surface area contributed by atoms with Crippen LogP contribution in [-0.4, -0.2) is 29.6 Å². The highest BCUT2D eigenvalue weighted by atomic mass is 32.1. The van der Waals surface area contributed by atoms with Crippen molar-refractivity contribution in [2.45, 2.75) is 65.0 Å². The van der Waals surface area contributed by atoms with E-state index < -0.39 is 5.67 Å². The topological polar surface area (TPSA) is 20.3 Å². The van der Waals surface area contributed by atoms with Crippen molar-refractivity contribution in [3.05, 3.63) is 21.4 Å². The number of piperidine rings is 1. The molecule has 1 aliphatic heterocycles. The van der Waals surface area contributed by atoms with E-state index in [-0.39, 0.29) is 12.5 Å². The van der Waals surface area contributed by atoms with Crippen LogP contribution in [0.2, 0.25) is 0 Å². The van der Waals surface area contributed by atoms with E-state index in [0.29, 0.717) is 24.8 Å². The molecule has 0 N–H and O–H groups in total. The van der Waals surface area contributed by atoms with Gasteiger partial charge in [-0.25, -0.2) is 4.39 Å². The maximum absolute atomic E-state index is 14.1. The summed E-state index contributed by atoms with van der Waals surface area (Å²) in [4.78, 5) is 16.4. The molecular formula is C17H26FNOS. The molecule has 1 atom stereocenters. The molecule has 0 bridgehead atoms. The Morgan fingerprint density at radius 1 is 1.33 bits per heavy atom. The lowest BCUT2D eigenvalue weighted by Gasteiger charge is -2.34. The first kappa shape index (κ1) is 16.5. The lowest BCUT2D eigenvalue weighted by atomic mass is 9.96. The number of thiophene rings is 1. The Morgan fingerprint density at radius 3 is 2.48 bits per heavy atom. The van der Waals surface area contributed by atoms with Crippen LogP contribution in [0.25, 0.3) is 0 Å². The summed E-state index contributed by atoms with van der Waals surface area (Å²) in [5.74, 6) is 0.826. The first-order valence-corrected chi connectivity index (χ1v) is 8.65. The Hall–Kier alpha value is -0.900. The molecule has 2 rings (SSSR count). The van der Waals surface area contributed by atoms with Crippen molar-refractivity contribution in [1.29, 1.82) is 0 Å². The number of likely N-dealkylation sites (tertiary alicyclic amines) is 1. The smallest absolute Gasteiger partial charge is 0.264 e. The summed E-state index contributed by atoms with van der Waals surface area (Å²) in [6, 6.07) is 2.02. The van der Waals surface area contributed by atoms with Crippen molar-refractivity contribution in [1.82, 2.24) is 4.90 Å². The average molecular weight is 311 g/mol. The van der Waals surface area contributed by atoms with Gasteiger partial charge in [-0.2, -0.15) is 0 Å². The Balaban J connectivity index is 2.25. The molecular weight excluding hydrogens is 285 g/mol. The number of alkyl halides is 1. The quantitative estimate of drug-likeness (QED) is 0.772. The van der Waals surface area contributed by atoms with Gasteiger partial charge in [0.1, 0.15) is 5.67 Å². The first-order chi connectivity index (χ1) is 9.71. The maximum Gasteiger partial charge on any atom is 0.264 e. The Labute approximate surface area is 131 Å². The van der Waals surface area contributed by atoms with Crippen molar-refractivity contribution < 1.29 is 9.18 Å². The summed E-state index contributed by atoms with van der Waals surface area (Å²) in [7, 11) is 0. The lowest BCUT2D eigenvalue weighted by Crippen LogP contribution is -2.46. The van der Waals surface area contributed by atoms with Crippen LogP contribution in [0.1, 0.15) is 79.4 Å². The SMILES string of the molecule is CC(C)c1cc(C(=O)N2CCCC(C)(F)C2)sc1C(C)C. The molecule has 1 aromatic heterocycles. The number of hydrogen-bond donors (Lipinski definition) is 0. The second-order valence-electron chi connectivity index (χ2n) is 6.98. The molecule has 0 aromatic carbocycles. The van der Waals surface area contributed by atoms with Gasteiger partial charge in [0, 0.05) is 11.4 Å². The number of hydrogen-bond acceptors (Lipinski definition) is 2. The molecule has 1 unspecified atom stereocenters. The van der Waals surface area contributed by atoms with Gasteiger partial charge in [-0.05, 0) is 43.2 Å². The molecule has 1 fully saturated rings. The molecule has 1 amide bonds. The van der Waals surface area contributed by atoms with Gasteiger partial charge in [0.15, 0.2) is 0 Å². The van der Waals surface area contributed by atoms with E-state index in [9.17, 15) is 9.18 Å². The van der Waals surface area contributed by atoms with Gasteiger partial charge in [0.2, 0.25) is 0 Å². The molecule has 0 radical (unpaired) electrons. The van der Waals surface area contributed by atoms with Crippen molar-refractivity contribution in [3.8, 4) is 0 Å². The molecule has 2 nitrogen and oxygen atoms in total. The molecule has 118 valence electrons. The Kier molecular flexibility index (Phi) is 4.76. The van der Waals surface area contributed by atoms with Gasteiger partial charge in [-0.15, -0.1) is 11.3 Å². The van der Waals surface area contributed by atoms with E-state index in [2.05, 4.69) is 27.7 Å². The normalized spacial score (nSPS) is 23.1. The Bertz CT molecular complexity index is 493. The lowest BCUT2D eigenvalue weighted by molar-refractivity contribution is 0.0421. The number of amides is 1. The molecule has 0 spiro atoms. The highest BCUT2D eigenvalue weighted by Crippen LogP contribution is 2.35. The Morgan fingerprint density at radius 2 is 2.00 bits per heavy atom. The number of carbonyl (C=O) groups excluding carboxylic acids is 1. The first-order valence-electron chi connectivity index (χ1n) is 7.83. The summed E-state index contributed by atoms with van der Waals surface area (Å²) in [5.41, 5.74) is 0.0192. The van der Waals surface area contributed by atoms with E-state index in [0.717, 1.165) is 11.3 Å². The molecule has 4 heteroatoms. The maximum atomic E-state index is 14.1. The fraction of sp³-hybridized carbons (Fsp3) is 0.706. The van der Waals surface area contributed by atoms with E-state index >= 15 is 0 Å². The molecule has 21 heavy (non-hydrogen) atoms. The monoisotopic (exact) mass is 311 g/mol. The van der Waals surface area contributed by atoms with Crippen LogP contribution < -0.4 is 0 Å². The third-order valence-corrected chi connectivity index (χ3v) is 5.52. The van der Waals surface area contributed by atoms with Crippen LogP contribution in [0.5, 0.6) is 0 Å². The van der Waals surface area contributed by atoms with Crippen LogP contribution in [0.15, 0.2) is 6.07 Å². The van der Waals surface area contributed by atoms with Crippen LogP contribution in [0, 0.1) is 0 Å². The van der Waals surface area contributed by atoms with E-state index in [1.807, 2.05) is 6.07 Å². The fourth-order valence-electron chi connectivity index (χ4n) is 2.95. The van der Waals surface area contributed by atoms with Gasteiger partial charge in [0.05, 0.1) is 11.4 Å². The summed E-state index contributed by atoms with van der Waals surface area (Å²) < 4.78 is 14.1. The zero-order chi connectivity index (χ0) is 15.8. The zero-order valence-corrected chi connectivity index (χ0v) is 14.5. The molecule has 1 aliphatic rings. The largest absolute Gasteiger partial charge is 0.335 e. The minimum absolute atomic E-state index is 0.00243. The van der Waals surface area contributed by atoms with Gasteiger partial charge >= 0.3 is 0 Å². The van der Waals surface area contributed by atoms with Gasteiger partial charge in [-0.3, -0.25) is 4.79 Å². The highest BCUT2D eigenvalue weighted by molar-refractivity contribution is 7.14. The van der Waals surface area contributed by atoms with Crippen LogP contribution in [0.4, 0.5) is 4.39 Å². The van der Waals surface area contributed by atoms with Gasteiger partial charge in [0.25, 0.3) is 5.91 Å². The summed E-state index contributed by atoms with van der Waals surface area (Å²) >= 11 is 1.58. The third-order valence-electron chi connectivity index (χ3n) is 4.08. The minimum atomic E-state index is -1.24. The number of rotatable bonds is 3. The van der Waals surface area contributed by atoms with Crippen molar-refractivity contribution in [2.75, 3.05) is 13.1 Å². The third kappa shape index (κ3) is 3.65. The summed E-state index contributed by atoms with van der Waals surface area (Å²) in [5, 5.41) is 0. The second-order valence-corrected chi connectivity index (χ2v) is 8.07. The molecule has 2 heterocycles. The molecule has 1 saturated heterocycles. The fourth-order valence-corrected chi connectivity index (χ4v) is 4.24. The predicted octanol–water partition coefficient (Wildman–Crippen LogP) is 4.96. The second kappa shape index (κ2) is 6.07. The number of carbonyl (C=O) groups is 1. The highest BCUT2D eigenvalue weighted by Gasteiger charge is 2.34. The zero-order valence-electron chi connectivity index (χ0n) is 13.7. The van der Waals surface area contributed by atoms with E-state index in [4.69, 9.17) is 0 Å². The van der Waals surface area contributed by atoms with E-state index in [1.165, 1.54) is 10.4 Å². The molecule has 0 aliphatic carbocycles. The van der Waals surface area contributed by atoms with Crippen molar-refractivity contribution in [3.63, 3.8) is 0 Å². The van der Waals surface area contributed by atoms with Gasteiger partial charge < -0.3 is 4.90 Å². The molecule has 0 saturated carbocycles. The number of halogens is 1. The van der Waals surface area contributed by atoms with Crippen molar-refractivity contribution >= 4 is 17.2 Å². The van der Waals surface area contributed by atoms with Gasteiger partial charge in [-0.1, -0.05) is 27.7 Å². The van der Waals surface area contributed by atoms with Crippen molar-refractivity contribution in [2.24, 2.45) is 0 Å². The van der Waals surface area contributed by atoms with E-state index in [1.54, 1.807) is 23.2 Å². The predicted molar refractivity (Wildman–Crippen MR) is 87.1 cm³/mol.